The van der Waals surface area contributed by atoms with Gasteiger partial charge in [0, 0.05) is 23.3 Å². The predicted octanol–water partition coefficient (Wildman–Crippen LogP) is 2.69. The first-order chi connectivity index (χ1) is 13.6. The second-order valence-electron chi connectivity index (χ2n) is 5.82. The van der Waals surface area contributed by atoms with Gasteiger partial charge in [0.05, 0.1) is 36.6 Å². The number of hydrogen-bond donors (Lipinski definition) is 2. The zero-order valence-electron chi connectivity index (χ0n) is 15.0. The fraction of sp³-hybridized carbons (Fsp3) is 0.105. The molecule has 0 radical (unpaired) electrons. The lowest BCUT2D eigenvalue weighted by Crippen LogP contribution is -2.19. The molecule has 0 saturated heterocycles. The monoisotopic (exact) mass is 379 g/mol. The zero-order chi connectivity index (χ0) is 19.9. The molecule has 0 saturated carbocycles. The Morgan fingerprint density at radius 1 is 1.25 bits per heavy atom. The van der Waals surface area contributed by atoms with Gasteiger partial charge < -0.3 is 4.74 Å². The third kappa shape index (κ3) is 4.58. The molecule has 0 aliphatic heterocycles. The molecule has 1 heterocycles. The molecule has 1 aromatic heterocycles. The number of nitrogens with one attached hydrogen (secondary N) is 2. The summed E-state index contributed by atoms with van der Waals surface area (Å²) in [6.45, 7) is 0. The number of amides is 1. The normalized spacial score (nSPS) is 10.8. The largest absolute Gasteiger partial charge is 0.497 e. The number of aromatic nitrogens is 2. The molecule has 3 aromatic rings. The highest BCUT2D eigenvalue weighted by atomic mass is 16.6. The maximum atomic E-state index is 12.0. The number of methoxy groups -OCH3 is 1. The van der Waals surface area contributed by atoms with Gasteiger partial charge in [-0.25, -0.2) is 5.43 Å². The van der Waals surface area contributed by atoms with Crippen LogP contribution < -0.4 is 10.2 Å². The summed E-state index contributed by atoms with van der Waals surface area (Å²) in [5.74, 6) is 0.414. The van der Waals surface area contributed by atoms with Gasteiger partial charge in [-0.3, -0.25) is 20.0 Å². The number of benzene rings is 2. The van der Waals surface area contributed by atoms with Crippen molar-refractivity contribution in [2.45, 2.75) is 6.42 Å². The minimum Gasteiger partial charge on any atom is -0.497 e. The number of aromatic amines is 1. The second kappa shape index (κ2) is 8.58. The number of non-ortho nitro benzene ring substituents is 1. The molecular weight excluding hydrogens is 362 g/mol. The van der Waals surface area contributed by atoms with Gasteiger partial charge in [0.1, 0.15) is 5.75 Å². The van der Waals surface area contributed by atoms with Crippen molar-refractivity contribution in [1.82, 2.24) is 15.6 Å². The highest BCUT2D eigenvalue weighted by molar-refractivity contribution is 5.89. The second-order valence-corrected chi connectivity index (χ2v) is 5.82. The summed E-state index contributed by atoms with van der Waals surface area (Å²) in [5, 5.41) is 21.5. The van der Waals surface area contributed by atoms with E-state index < -0.39 is 4.92 Å². The smallest absolute Gasteiger partial charge is 0.269 e. The highest BCUT2D eigenvalue weighted by Crippen LogP contribution is 2.22. The first-order valence-corrected chi connectivity index (χ1v) is 8.30. The molecule has 0 spiro atoms. The summed E-state index contributed by atoms with van der Waals surface area (Å²) in [5.41, 5.74) is 5.44. The standard InChI is InChI=1S/C19H17N5O4/c1-28-17-8-4-14(5-9-17)19-15(12-21-23-19)11-20-22-18(25)10-13-2-6-16(7-3-13)24(26)27/h2-9,11-12H,10H2,1H3,(H,21,23)(H,22,25). The van der Waals surface area contributed by atoms with Crippen LogP contribution in [-0.2, 0) is 11.2 Å². The Labute approximate surface area is 160 Å². The highest BCUT2D eigenvalue weighted by Gasteiger charge is 2.08. The minimum absolute atomic E-state index is 0.0202. The van der Waals surface area contributed by atoms with E-state index >= 15 is 0 Å². The average Bonchev–Trinajstić information content (AvgIpc) is 3.17. The van der Waals surface area contributed by atoms with E-state index in [0.717, 1.165) is 17.0 Å². The van der Waals surface area contributed by atoms with E-state index in [1.807, 2.05) is 24.3 Å². The molecule has 2 aromatic carbocycles. The Morgan fingerprint density at radius 2 is 1.96 bits per heavy atom. The summed E-state index contributed by atoms with van der Waals surface area (Å²) in [6, 6.07) is 13.2. The van der Waals surface area contributed by atoms with Crippen LogP contribution in [0.25, 0.3) is 11.3 Å². The van der Waals surface area contributed by atoms with Crippen LogP contribution in [0.5, 0.6) is 5.75 Å². The van der Waals surface area contributed by atoms with E-state index in [1.54, 1.807) is 25.4 Å². The van der Waals surface area contributed by atoms with E-state index in [2.05, 4.69) is 20.7 Å². The van der Waals surface area contributed by atoms with Gasteiger partial charge in [0.2, 0.25) is 5.91 Å². The molecule has 0 unspecified atom stereocenters. The summed E-state index contributed by atoms with van der Waals surface area (Å²) in [7, 11) is 1.60. The quantitative estimate of drug-likeness (QED) is 0.371. The number of hydrazone groups is 1. The first kappa shape index (κ1) is 18.8. The molecule has 9 nitrogen and oxygen atoms in total. The number of H-pyrrole nitrogens is 1. The maximum Gasteiger partial charge on any atom is 0.269 e. The van der Waals surface area contributed by atoms with Gasteiger partial charge in [-0.15, -0.1) is 0 Å². The molecule has 0 aliphatic rings. The van der Waals surface area contributed by atoms with Crippen LogP contribution in [0.15, 0.2) is 59.8 Å². The SMILES string of the molecule is COc1ccc(-c2[nH]ncc2C=NNC(=O)Cc2ccc([N+](=O)[O-])cc2)cc1. The van der Waals surface area contributed by atoms with Gasteiger partial charge in [-0.1, -0.05) is 12.1 Å². The van der Waals surface area contributed by atoms with Crippen LogP contribution in [0, 0.1) is 10.1 Å². The van der Waals surface area contributed by atoms with Gasteiger partial charge in [-0.2, -0.15) is 10.2 Å². The molecular formula is C19H17N5O4. The van der Waals surface area contributed by atoms with E-state index in [-0.39, 0.29) is 18.0 Å². The van der Waals surface area contributed by atoms with Crippen LogP contribution >= 0.6 is 0 Å². The summed E-state index contributed by atoms with van der Waals surface area (Å²) < 4.78 is 5.14. The number of nitro groups is 1. The zero-order valence-corrected chi connectivity index (χ0v) is 15.0. The fourth-order valence-corrected chi connectivity index (χ4v) is 2.52. The van der Waals surface area contributed by atoms with Crippen molar-refractivity contribution in [2.24, 2.45) is 5.10 Å². The molecule has 0 atom stereocenters. The lowest BCUT2D eigenvalue weighted by atomic mass is 10.1. The van der Waals surface area contributed by atoms with Gasteiger partial charge in [0.15, 0.2) is 0 Å². The van der Waals surface area contributed by atoms with E-state index in [1.165, 1.54) is 18.3 Å². The molecule has 28 heavy (non-hydrogen) atoms. The Bertz CT molecular complexity index is 994. The lowest BCUT2D eigenvalue weighted by Gasteiger charge is -2.03. The third-order valence-electron chi connectivity index (χ3n) is 3.95. The van der Waals surface area contributed by atoms with E-state index in [9.17, 15) is 14.9 Å². The van der Waals surface area contributed by atoms with Crippen molar-refractivity contribution in [1.29, 1.82) is 0 Å². The van der Waals surface area contributed by atoms with Crippen molar-refractivity contribution < 1.29 is 14.5 Å². The fourth-order valence-electron chi connectivity index (χ4n) is 2.52. The Morgan fingerprint density at radius 3 is 2.61 bits per heavy atom. The third-order valence-corrected chi connectivity index (χ3v) is 3.95. The number of nitro benzene ring substituents is 1. The molecule has 2 N–H and O–H groups in total. The van der Waals surface area contributed by atoms with Crippen molar-refractivity contribution in [3.8, 4) is 17.0 Å². The number of carbonyl (C=O) groups excluding carboxylic acids is 1. The minimum atomic E-state index is -0.487. The van der Waals surface area contributed by atoms with Gasteiger partial charge in [0.25, 0.3) is 5.69 Å². The molecule has 1 amide bonds. The maximum absolute atomic E-state index is 12.0. The van der Waals surface area contributed by atoms with Crippen molar-refractivity contribution in [3.05, 3.63) is 76.0 Å². The first-order valence-electron chi connectivity index (χ1n) is 8.30. The Hall–Kier alpha value is -4.01. The van der Waals surface area contributed by atoms with Crippen LogP contribution in [0.1, 0.15) is 11.1 Å². The molecule has 0 fully saturated rings. The van der Waals surface area contributed by atoms with Crippen LogP contribution in [0.3, 0.4) is 0 Å². The summed E-state index contributed by atoms with van der Waals surface area (Å²) in [4.78, 5) is 22.1. The number of ether oxygens (including phenoxy) is 1. The van der Waals surface area contributed by atoms with Crippen molar-refractivity contribution in [2.75, 3.05) is 7.11 Å². The Balaban J connectivity index is 1.61. The van der Waals surface area contributed by atoms with Crippen molar-refractivity contribution in [3.63, 3.8) is 0 Å². The molecule has 3 rings (SSSR count). The van der Waals surface area contributed by atoms with E-state index in [4.69, 9.17) is 4.74 Å². The lowest BCUT2D eigenvalue weighted by molar-refractivity contribution is -0.384. The summed E-state index contributed by atoms with van der Waals surface area (Å²) in [6.07, 6.45) is 3.16. The topological polar surface area (TPSA) is 123 Å². The van der Waals surface area contributed by atoms with E-state index in [0.29, 0.717) is 11.1 Å². The average molecular weight is 379 g/mol. The van der Waals surface area contributed by atoms with Gasteiger partial charge in [-0.05, 0) is 29.8 Å². The molecule has 9 heteroatoms. The number of carbonyl (C=O) groups is 1. The predicted molar refractivity (Wildman–Crippen MR) is 103 cm³/mol. The molecule has 142 valence electrons. The molecule has 0 bridgehead atoms. The summed E-state index contributed by atoms with van der Waals surface area (Å²) >= 11 is 0. The molecule has 0 aliphatic carbocycles. The number of rotatable bonds is 7. The van der Waals surface area contributed by atoms with Crippen LogP contribution in [-0.4, -0.2) is 34.4 Å². The van der Waals surface area contributed by atoms with Crippen molar-refractivity contribution >= 4 is 17.8 Å². The number of nitrogens with zero attached hydrogens (tertiary/aromatic N) is 3. The van der Waals surface area contributed by atoms with Crippen LogP contribution in [0.2, 0.25) is 0 Å². The Kier molecular flexibility index (Phi) is 5.75. The van der Waals surface area contributed by atoms with Gasteiger partial charge >= 0.3 is 0 Å². The number of hydrogen-bond acceptors (Lipinski definition) is 6. The van der Waals surface area contributed by atoms with Crippen LogP contribution in [0.4, 0.5) is 5.69 Å².